The first-order valence-electron chi connectivity index (χ1n) is 7.34. The molecular formula is C15H21FN4O2. The van der Waals surface area contributed by atoms with Crippen LogP contribution in [0.5, 0.6) is 0 Å². The van der Waals surface area contributed by atoms with Crippen molar-refractivity contribution in [3.63, 3.8) is 0 Å². The molecule has 0 unspecified atom stereocenters. The number of amides is 2. The molecule has 0 spiro atoms. The van der Waals surface area contributed by atoms with Gasteiger partial charge in [0.1, 0.15) is 5.82 Å². The molecule has 1 fully saturated rings. The second-order valence-corrected chi connectivity index (χ2v) is 5.25. The minimum atomic E-state index is -0.337. The van der Waals surface area contributed by atoms with Gasteiger partial charge in [0.2, 0.25) is 11.8 Å². The zero-order valence-electron chi connectivity index (χ0n) is 12.4. The normalized spacial score (nSPS) is 15.6. The molecule has 7 heteroatoms. The van der Waals surface area contributed by atoms with Crippen LogP contribution in [-0.2, 0) is 9.59 Å². The van der Waals surface area contributed by atoms with Gasteiger partial charge >= 0.3 is 0 Å². The summed E-state index contributed by atoms with van der Waals surface area (Å²) in [6.07, 6.45) is 0.366. The van der Waals surface area contributed by atoms with Crippen molar-refractivity contribution in [2.45, 2.75) is 6.42 Å². The van der Waals surface area contributed by atoms with Gasteiger partial charge in [-0.25, -0.2) is 4.39 Å². The zero-order chi connectivity index (χ0) is 15.9. The van der Waals surface area contributed by atoms with Gasteiger partial charge in [-0.05, 0) is 24.3 Å². The third kappa shape index (κ3) is 4.78. The highest BCUT2D eigenvalue weighted by molar-refractivity contribution is 5.92. The fourth-order valence-corrected chi connectivity index (χ4v) is 2.37. The summed E-state index contributed by atoms with van der Waals surface area (Å²) in [4.78, 5) is 27.4. The fraction of sp³-hybridized carbons (Fsp3) is 0.467. The van der Waals surface area contributed by atoms with E-state index < -0.39 is 0 Å². The van der Waals surface area contributed by atoms with Gasteiger partial charge in [-0.1, -0.05) is 0 Å². The maximum absolute atomic E-state index is 12.8. The lowest BCUT2D eigenvalue weighted by Crippen LogP contribution is -2.50. The molecule has 0 atom stereocenters. The van der Waals surface area contributed by atoms with Crippen LogP contribution in [0.2, 0.25) is 0 Å². The van der Waals surface area contributed by atoms with Crippen LogP contribution in [0.3, 0.4) is 0 Å². The molecule has 120 valence electrons. The molecule has 1 aliphatic heterocycles. The molecule has 0 radical (unpaired) electrons. The molecular weight excluding hydrogens is 287 g/mol. The number of benzene rings is 1. The third-order valence-corrected chi connectivity index (χ3v) is 3.58. The van der Waals surface area contributed by atoms with Crippen LogP contribution >= 0.6 is 0 Å². The van der Waals surface area contributed by atoms with Crippen molar-refractivity contribution >= 4 is 17.5 Å². The first-order chi connectivity index (χ1) is 10.6. The Morgan fingerprint density at radius 2 is 1.77 bits per heavy atom. The lowest BCUT2D eigenvalue weighted by molar-refractivity contribution is -0.132. The average molecular weight is 308 g/mol. The Balaban J connectivity index is 1.74. The van der Waals surface area contributed by atoms with E-state index >= 15 is 0 Å². The van der Waals surface area contributed by atoms with E-state index in [-0.39, 0.29) is 24.2 Å². The topological polar surface area (TPSA) is 78.7 Å². The molecule has 0 aromatic heterocycles. The lowest BCUT2D eigenvalue weighted by atomic mass is 10.2. The highest BCUT2D eigenvalue weighted by atomic mass is 19.1. The van der Waals surface area contributed by atoms with E-state index in [2.05, 4.69) is 5.32 Å². The second kappa shape index (κ2) is 7.86. The van der Waals surface area contributed by atoms with Crippen LogP contribution < -0.4 is 11.1 Å². The highest BCUT2D eigenvalue weighted by Crippen LogP contribution is 2.09. The Hall–Kier alpha value is -1.99. The van der Waals surface area contributed by atoms with Gasteiger partial charge in [0.25, 0.3) is 0 Å². The van der Waals surface area contributed by atoms with Crippen LogP contribution in [0.25, 0.3) is 0 Å². The van der Waals surface area contributed by atoms with Crippen molar-refractivity contribution in [1.82, 2.24) is 9.80 Å². The Labute approximate surface area is 129 Å². The molecule has 1 saturated heterocycles. The molecule has 0 bridgehead atoms. The van der Waals surface area contributed by atoms with Gasteiger partial charge in [0.05, 0.1) is 6.54 Å². The SMILES string of the molecule is NCCC(=O)N1CCN(CC(=O)Nc2ccc(F)cc2)CC1. The van der Waals surface area contributed by atoms with E-state index in [0.29, 0.717) is 44.8 Å². The number of hydrogen-bond acceptors (Lipinski definition) is 4. The number of halogens is 1. The van der Waals surface area contributed by atoms with Gasteiger partial charge in [-0.15, -0.1) is 0 Å². The van der Waals surface area contributed by atoms with Gasteiger partial charge in [0, 0.05) is 44.8 Å². The number of rotatable bonds is 5. The molecule has 1 aromatic carbocycles. The maximum Gasteiger partial charge on any atom is 0.238 e. The quantitative estimate of drug-likeness (QED) is 0.818. The summed E-state index contributed by atoms with van der Waals surface area (Å²) in [5, 5.41) is 2.73. The predicted molar refractivity (Wildman–Crippen MR) is 81.7 cm³/mol. The maximum atomic E-state index is 12.8. The number of nitrogens with zero attached hydrogens (tertiary/aromatic N) is 2. The summed E-state index contributed by atoms with van der Waals surface area (Å²) < 4.78 is 12.8. The van der Waals surface area contributed by atoms with E-state index in [1.807, 2.05) is 4.90 Å². The van der Waals surface area contributed by atoms with Crippen molar-refractivity contribution in [2.75, 3.05) is 44.6 Å². The van der Waals surface area contributed by atoms with Crippen LogP contribution in [-0.4, -0.2) is 60.9 Å². The molecule has 0 saturated carbocycles. The standard InChI is InChI=1S/C15H21FN4O2/c16-12-1-3-13(4-2-12)18-14(21)11-19-7-9-20(10-8-19)15(22)5-6-17/h1-4H,5-11,17H2,(H,18,21). The molecule has 2 rings (SSSR count). The van der Waals surface area contributed by atoms with E-state index in [1.165, 1.54) is 24.3 Å². The molecule has 2 amide bonds. The number of piperazine rings is 1. The van der Waals surface area contributed by atoms with Crippen molar-refractivity contribution in [3.05, 3.63) is 30.1 Å². The number of carbonyl (C=O) groups excluding carboxylic acids is 2. The summed E-state index contributed by atoms with van der Waals surface area (Å²) in [7, 11) is 0. The lowest BCUT2D eigenvalue weighted by Gasteiger charge is -2.34. The molecule has 1 heterocycles. The van der Waals surface area contributed by atoms with Crippen molar-refractivity contribution < 1.29 is 14.0 Å². The Morgan fingerprint density at radius 3 is 2.36 bits per heavy atom. The fourth-order valence-electron chi connectivity index (χ4n) is 2.37. The van der Waals surface area contributed by atoms with Crippen molar-refractivity contribution in [3.8, 4) is 0 Å². The van der Waals surface area contributed by atoms with Crippen molar-refractivity contribution in [1.29, 1.82) is 0 Å². The molecule has 1 aliphatic rings. The van der Waals surface area contributed by atoms with Crippen LogP contribution in [0.15, 0.2) is 24.3 Å². The summed E-state index contributed by atoms with van der Waals surface area (Å²) in [6, 6.07) is 5.65. The molecule has 3 N–H and O–H groups in total. The van der Waals surface area contributed by atoms with Gasteiger partial charge in [-0.3, -0.25) is 14.5 Å². The smallest absolute Gasteiger partial charge is 0.238 e. The highest BCUT2D eigenvalue weighted by Gasteiger charge is 2.21. The molecule has 6 nitrogen and oxygen atoms in total. The van der Waals surface area contributed by atoms with Gasteiger partial charge in [-0.2, -0.15) is 0 Å². The molecule has 22 heavy (non-hydrogen) atoms. The largest absolute Gasteiger partial charge is 0.340 e. The zero-order valence-corrected chi connectivity index (χ0v) is 12.4. The van der Waals surface area contributed by atoms with E-state index in [1.54, 1.807) is 4.90 Å². The Morgan fingerprint density at radius 1 is 1.14 bits per heavy atom. The van der Waals surface area contributed by atoms with E-state index in [0.717, 1.165) is 0 Å². The number of carbonyl (C=O) groups is 2. The minimum Gasteiger partial charge on any atom is -0.340 e. The summed E-state index contributed by atoms with van der Waals surface area (Å²) >= 11 is 0. The number of nitrogens with two attached hydrogens (primary N) is 1. The number of hydrogen-bond donors (Lipinski definition) is 2. The number of anilines is 1. The average Bonchev–Trinajstić information content (AvgIpc) is 2.50. The summed E-state index contributed by atoms with van der Waals surface area (Å²) in [6.45, 7) is 3.17. The van der Waals surface area contributed by atoms with Gasteiger partial charge in [0.15, 0.2) is 0 Å². The van der Waals surface area contributed by atoms with E-state index in [9.17, 15) is 14.0 Å². The van der Waals surface area contributed by atoms with Crippen LogP contribution in [0, 0.1) is 5.82 Å². The second-order valence-electron chi connectivity index (χ2n) is 5.25. The molecule has 0 aliphatic carbocycles. The Kier molecular flexibility index (Phi) is 5.85. The monoisotopic (exact) mass is 308 g/mol. The first-order valence-corrected chi connectivity index (χ1v) is 7.34. The Bertz CT molecular complexity index is 513. The number of nitrogens with one attached hydrogen (secondary N) is 1. The third-order valence-electron chi connectivity index (χ3n) is 3.58. The van der Waals surface area contributed by atoms with Crippen molar-refractivity contribution in [2.24, 2.45) is 5.73 Å². The van der Waals surface area contributed by atoms with Crippen LogP contribution in [0.1, 0.15) is 6.42 Å². The predicted octanol–water partition coefficient (Wildman–Crippen LogP) is 0.257. The first kappa shape index (κ1) is 16.4. The summed E-state index contributed by atoms with van der Waals surface area (Å²) in [5.41, 5.74) is 5.95. The summed E-state index contributed by atoms with van der Waals surface area (Å²) in [5.74, 6) is -0.414. The van der Waals surface area contributed by atoms with Gasteiger partial charge < -0.3 is 16.0 Å². The van der Waals surface area contributed by atoms with Crippen LogP contribution in [0.4, 0.5) is 10.1 Å². The minimum absolute atomic E-state index is 0.0675. The van der Waals surface area contributed by atoms with E-state index in [4.69, 9.17) is 5.73 Å². The molecule has 1 aromatic rings.